The first-order chi connectivity index (χ1) is 10.1. The number of rotatable bonds is 5. The standard InChI is InChI=1S/C13H15N7O/c1-9-2-13-16-4-10(6-20(13)18-9)3-15-11-5-17-19(7-11)8-12(14)21/h2,4-7,15H,3,8H2,1H3,(H2,14,21). The number of fused-ring (bicyclic) bond motifs is 1. The van der Waals surface area contributed by atoms with Gasteiger partial charge in [0, 0.05) is 36.8 Å². The molecule has 3 N–H and O–H groups in total. The van der Waals surface area contributed by atoms with Gasteiger partial charge in [-0.15, -0.1) is 0 Å². The van der Waals surface area contributed by atoms with Gasteiger partial charge in [-0.2, -0.15) is 10.2 Å². The van der Waals surface area contributed by atoms with Crippen molar-refractivity contribution >= 4 is 17.2 Å². The van der Waals surface area contributed by atoms with Gasteiger partial charge in [0.2, 0.25) is 5.91 Å². The van der Waals surface area contributed by atoms with E-state index in [4.69, 9.17) is 5.73 Å². The monoisotopic (exact) mass is 285 g/mol. The molecule has 21 heavy (non-hydrogen) atoms. The summed E-state index contributed by atoms with van der Waals surface area (Å²) in [5.74, 6) is -0.423. The lowest BCUT2D eigenvalue weighted by Gasteiger charge is -2.03. The third-order valence-electron chi connectivity index (χ3n) is 2.94. The van der Waals surface area contributed by atoms with Crippen LogP contribution in [-0.4, -0.2) is 30.3 Å². The first-order valence-electron chi connectivity index (χ1n) is 6.46. The average Bonchev–Trinajstić information content (AvgIpc) is 3.00. The van der Waals surface area contributed by atoms with E-state index < -0.39 is 5.91 Å². The highest BCUT2D eigenvalue weighted by Gasteiger charge is 2.03. The maximum absolute atomic E-state index is 10.8. The fourth-order valence-electron chi connectivity index (χ4n) is 2.03. The van der Waals surface area contributed by atoms with Crippen LogP contribution in [0.3, 0.4) is 0 Å². The molecule has 0 aliphatic rings. The van der Waals surface area contributed by atoms with Crippen molar-refractivity contribution in [3.63, 3.8) is 0 Å². The molecule has 3 aromatic rings. The number of nitrogens with zero attached hydrogens (tertiary/aromatic N) is 5. The van der Waals surface area contributed by atoms with Gasteiger partial charge in [0.15, 0.2) is 5.65 Å². The van der Waals surface area contributed by atoms with Crippen molar-refractivity contribution in [2.75, 3.05) is 5.32 Å². The largest absolute Gasteiger partial charge is 0.378 e. The van der Waals surface area contributed by atoms with Crippen LogP contribution in [0.1, 0.15) is 11.3 Å². The van der Waals surface area contributed by atoms with E-state index in [1.165, 1.54) is 4.68 Å². The number of aryl methyl sites for hydroxylation is 1. The fourth-order valence-corrected chi connectivity index (χ4v) is 2.03. The van der Waals surface area contributed by atoms with Crippen LogP contribution >= 0.6 is 0 Å². The van der Waals surface area contributed by atoms with Crippen LogP contribution in [0.15, 0.2) is 30.9 Å². The summed E-state index contributed by atoms with van der Waals surface area (Å²) in [4.78, 5) is 15.1. The molecule has 0 radical (unpaired) electrons. The molecule has 0 aromatic carbocycles. The first-order valence-corrected chi connectivity index (χ1v) is 6.46. The van der Waals surface area contributed by atoms with Crippen LogP contribution in [0.25, 0.3) is 5.65 Å². The third kappa shape index (κ3) is 2.99. The summed E-state index contributed by atoms with van der Waals surface area (Å²) in [6.45, 7) is 2.59. The van der Waals surface area contributed by atoms with Crippen LogP contribution < -0.4 is 11.1 Å². The van der Waals surface area contributed by atoms with Crippen LogP contribution in [0.2, 0.25) is 0 Å². The Kier molecular flexibility index (Phi) is 3.27. The molecule has 0 spiro atoms. The lowest BCUT2D eigenvalue weighted by atomic mass is 10.3. The molecule has 0 aliphatic heterocycles. The molecule has 0 aliphatic carbocycles. The van der Waals surface area contributed by atoms with Gasteiger partial charge in [-0.05, 0) is 6.92 Å². The summed E-state index contributed by atoms with van der Waals surface area (Å²) in [6.07, 6.45) is 7.11. The third-order valence-corrected chi connectivity index (χ3v) is 2.94. The van der Waals surface area contributed by atoms with E-state index in [0.29, 0.717) is 6.54 Å². The normalized spacial score (nSPS) is 10.9. The molecule has 8 nitrogen and oxygen atoms in total. The average molecular weight is 285 g/mol. The van der Waals surface area contributed by atoms with E-state index >= 15 is 0 Å². The highest BCUT2D eigenvalue weighted by Crippen LogP contribution is 2.09. The molecular weight excluding hydrogens is 270 g/mol. The quantitative estimate of drug-likeness (QED) is 0.703. The molecule has 3 heterocycles. The highest BCUT2D eigenvalue weighted by molar-refractivity contribution is 5.73. The maximum Gasteiger partial charge on any atom is 0.239 e. The summed E-state index contributed by atoms with van der Waals surface area (Å²) in [5, 5.41) is 11.6. The van der Waals surface area contributed by atoms with Crippen LogP contribution in [0, 0.1) is 6.92 Å². The Morgan fingerprint density at radius 2 is 2.24 bits per heavy atom. The minimum atomic E-state index is -0.423. The second-order valence-corrected chi connectivity index (χ2v) is 4.80. The molecule has 0 bridgehead atoms. The van der Waals surface area contributed by atoms with E-state index in [2.05, 4.69) is 20.5 Å². The summed E-state index contributed by atoms with van der Waals surface area (Å²) in [6, 6.07) is 1.92. The number of primary amides is 1. The van der Waals surface area contributed by atoms with E-state index in [1.54, 1.807) is 23.1 Å². The second-order valence-electron chi connectivity index (χ2n) is 4.80. The summed E-state index contributed by atoms with van der Waals surface area (Å²) >= 11 is 0. The molecule has 1 amide bonds. The SMILES string of the molecule is Cc1cc2ncc(CNc3cnn(CC(N)=O)c3)cn2n1. The van der Waals surface area contributed by atoms with Crippen LogP contribution in [-0.2, 0) is 17.9 Å². The van der Waals surface area contributed by atoms with Crippen molar-refractivity contribution in [1.82, 2.24) is 24.4 Å². The molecule has 108 valence electrons. The Hall–Kier alpha value is -2.90. The predicted molar refractivity (Wildman–Crippen MR) is 76.5 cm³/mol. The van der Waals surface area contributed by atoms with Gasteiger partial charge in [-0.25, -0.2) is 9.50 Å². The maximum atomic E-state index is 10.8. The number of amides is 1. The Morgan fingerprint density at radius 3 is 3.05 bits per heavy atom. The van der Waals surface area contributed by atoms with Gasteiger partial charge in [-0.1, -0.05) is 0 Å². The summed E-state index contributed by atoms with van der Waals surface area (Å²) < 4.78 is 3.24. The minimum Gasteiger partial charge on any atom is -0.378 e. The molecule has 0 fully saturated rings. The number of hydrogen-bond donors (Lipinski definition) is 2. The van der Waals surface area contributed by atoms with Crippen molar-refractivity contribution in [1.29, 1.82) is 0 Å². The smallest absolute Gasteiger partial charge is 0.239 e. The van der Waals surface area contributed by atoms with E-state index in [-0.39, 0.29) is 6.54 Å². The van der Waals surface area contributed by atoms with E-state index in [0.717, 1.165) is 22.6 Å². The topological polar surface area (TPSA) is 103 Å². The number of nitrogens with one attached hydrogen (secondary N) is 1. The molecule has 0 unspecified atom stereocenters. The number of carbonyl (C=O) groups excluding carboxylic acids is 1. The van der Waals surface area contributed by atoms with Gasteiger partial charge in [0.05, 0.1) is 17.6 Å². The number of anilines is 1. The summed E-state index contributed by atoms with van der Waals surface area (Å²) in [5.41, 5.74) is 8.68. The van der Waals surface area contributed by atoms with Crippen molar-refractivity contribution in [2.45, 2.75) is 20.0 Å². The number of hydrogen-bond acceptors (Lipinski definition) is 5. The van der Waals surface area contributed by atoms with Crippen molar-refractivity contribution in [2.24, 2.45) is 5.73 Å². The minimum absolute atomic E-state index is 0.0712. The summed E-state index contributed by atoms with van der Waals surface area (Å²) in [7, 11) is 0. The number of nitrogens with two attached hydrogens (primary N) is 1. The number of carbonyl (C=O) groups is 1. The Labute approximate surface area is 120 Å². The van der Waals surface area contributed by atoms with Crippen molar-refractivity contribution in [3.8, 4) is 0 Å². The van der Waals surface area contributed by atoms with Gasteiger partial charge in [0.1, 0.15) is 6.54 Å². The molecule has 0 saturated carbocycles. The molecule has 3 rings (SSSR count). The van der Waals surface area contributed by atoms with Gasteiger partial charge < -0.3 is 11.1 Å². The first kappa shape index (κ1) is 13.1. The second kappa shape index (κ2) is 5.23. The van der Waals surface area contributed by atoms with Gasteiger partial charge in [0.25, 0.3) is 0 Å². The van der Waals surface area contributed by atoms with Crippen molar-refractivity contribution < 1.29 is 4.79 Å². The Bertz CT molecular complexity index is 789. The van der Waals surface area contributed by atoms with Gasteiger partial charge >= 0.3 is 0 Å². The van der Waals surface area contributed by atoms with Crippen molar-refractivity contribution in [3.05, 3.63) is 42.1 Å². The number of aromatic nitrogens is 5. The molecular formula is C13H15N7O. The Balaban J connectivity index is 1.68. The zero-order valence-corrected chi connectivity index (χ0v) is 11.5. The van der Waals surface area contributed by atoms with Crippen LogP contribution in [0.4, 0.5) is 5.69 Å². The predicted octanol–water partition coefficient (Wildman–Crippen LogP) is 0.332. The molecule has 3 aromatic heterocycles. The lowest BCUT2D eigenvalue weighted by Crippen LogP contribution is -2.18. The highest BCUT2D eigenvalue weighted by atomic mass is 16.1. The Morgan fingerprint density at radius 1 is 1.38 bits per heavy atom. The zero-order valence-electron chi connectivity index (χ0n) is 11.5. The zero-order chi connectivity index (χ0) is 14.8. The van der Waals surface area contributed by atoms with Crippen LogP contribution in [0.5, 0.6) is 0 Å². The lowest BCUT2D eigenvalue weighted by molar-refractivity contribution is -0.118. The molecule has 0 saturated heterocycles. The molecule has 8 heteroatoms. The van der Waals surface area contributed by atoms with E-state index in [9.17, 15) is 4.79 Å². The van der Waals surface area contributed by atoms with E-state index in [1.807, 2.05) is 19.2 Å². The van der Waals surface area contributed by atoms with Gasteiger partial charge in [-0.3, -0.25) is 9.48 Å². The fraction of sp³-hybridized carbons (Fsp3) is 0.231. The molecule has 0 atom stereocenters.